The molecule has 1 aliphatic rings. The SMILES string of the molecule is O=C1OC(c2ccccc2)=N/C1=C/c1ccc(N(c2ccccc2)c2ccccc2)cc1. The van der Waals surface area contributed by atoms with Gasteiger partial charge < -0.3 is 9.64 Å². The average Bonchev–Trinajstić information content (AvgIpc) is 3.22. The van der Waals surface area contributed by atoms with Crippen molar-refractivity contribution in [2.75, 3.05) is 4.90 Å². The minimum atomic E-state index is -0.442. The number of ether oxygens (including phenoxy) is 1. The number of para-hydroxylation sites is 2. The lowest BCUT2D eigenvalue weighted by atomic mass is 10.1. The average molecular weight is 416 g/mol. The van der Waals surface area contributed by atoms with Gasteiger partial charge in [-0.25, -0.2) is 9.79 Å². The summed E-state index contributed by atoms with van der Waals surface area (Å²) in [5.41, 5.74) is 5.11. The Kier molecular flexibility index (Phi) is 5.33. The van der Waals surface area contributed by atoms with Crippen LogP contribution in [-0.4, -0.2) is 11.9 Å². The normalized spacial score (nSPS) is 14.2. The first-order valence-electron chi connectivity index (χ1n) is 10.4. The molecule has 0 bridgehead atoms. The smallest absolute Gasteiger partial charge is 0.363 e. The number of carbonyl (C=O) groups excluding carboxylic acids is 1. The molecule has 4 heteroatoms. The van der Waals surface area contributed by atoms with Gasteiger partial charge in [0.15, 0.2) is 5.70 Å². The molecule has 4 nitrogen and oxygen atoms in total. The van der Waals surface area contributed by atoms with Crippen molar-refractivity contribution in [1.29, 1.82) is 0 Å². The van der Waals surface area contributed by atoms with Crippen molar-refractivity contribution in [3.05, 3.63) is 132 Å². The number of hydrogen-bond acceptors (Lipinski definition) is 4. The molecule has 0 unspecified atom stereocenters. The Morgan fingerprint density at radius 2 is 1.12 bits per heavy atom. The Hall–Kier alpha value is -4.44. The van der Waals surface area contributed by atoms with E-state index in [0.717, 1.165) is 28.2 Å². The Labute approximate surface area is 186 Å². The topological polar surface area (TPSA) is 41.9 Å². The summed E-state index contributed by atoms with van der Waals surface area (Å²) in [6, 6.07) is 37.9. The quantitative estimate of drug-likeness (QED) is 0.275. The highest BCUT2D eigenvalue weighted by Gasteiger charge is 2.24. The van der Waals surface area contributed by atoms with Crippen LogP contribution in [0.4, 0.5) is 17.1 Å². The second-order valence-electron chi connectivity index (χ2n) is 7.30. The lowest BCUT2D eigenvalue weighted by Crippen LogP contribution is -2.09. The molecule has 32 heavy (non-hydrogen) atoms. The Morgan fingerprint density at radius 1 is 0.625 bits per heavy atom. The second kappa shape index (κ2) is 8.74. The molecule has 0 spiro atoms. The van der Waals surface area contributed by atoms with Gasteiger partial charge in [-0.3, -0.25) is 0 Å². The van der Waals surface area contributed by atoms with Crippen molar-refractivity contribution in [3.8, 4) is 0 Å². The number of benzene rings is 4. The van der Waals surface area contributed by atoms with Crippen molar-refractivity contribution in [3.63, 3.8) is 0 Å². The van der Waals surface area contributed by atoms with Crippen LogP contribution in [0.1, 0.15) is 11.1 Å². The number of aliphatic imine (C=N–C) groups is 1. The first-order chi connectivity index (χ1) is 15.8. The molecule has 0 amide bonds. The van der Waals surface area contributed by atoms with Crippen LogP contribution >= 0.6 is 0 Å². The molecule has 1 heterocycles. The summed E-state index contributed by atoms with van der Waals surface area (Å²) in [4.78, 5) is 18.9. The molecule has 0 fully saturated rings. The van der Waals surface area contributed by atoms with E-state index in [9.17, 15) is 4.79 Å². The Morgan fingerprint density at radius 3 is 1.69 bits per heavy atom. The van der Waals surface area contributed by atoms with Gasteiger partial charge in [0.1, 0.15) is 0 Å². The Bertz CT molecular complexity index is 1240. The molecule has 0 atom stereocenters. The van der Waals surface area contributed by atoms with Crippen LogP contribution in [-0.2, 0) is 9.53 Å². The summed E-state index contributed by atoms with van der Waals surface area (Å²) in [6.07, 6.45) is 1.75. The van der Waals surface area contributed by atoms with Gasteiger partial charge in [-0.2, -0.15) is 0 Å². The molecule has 4 aromatic carbocycles. The van der Waals surface area contributed by atoms with Crippen molar-refractivity contribution < 1.29 is 9.53 Å². The monoisotopic (exact) mass is 416 g/mol. The van der Waals surface area contributed by atoms with E-state index in [2.05, 4.69) is 34.2 Å². The fraction of sp³-hybridized carbons (Fsp3) is 0. The van der Waals surface area contributed by atoms with Crippen LogP contribution in [0.5, 0.6) is 0 Å². The van der Waals surface area contributed by atoms with E-state index in [1.54, 1.807) is 6.08 Å². The molecule has 154 valence electrons. The van der Waals surface area contributed by atoms with Crippen LogP contribution in [0.3, 0.4) is 0 Å². The number of hydrogen-bond donors (Lipinski definition) is 0. The van der Waals surface area contributed by atoms with Gasteiger partial charge in [0.2, 0.25) is 5.90 Å². The summed E-state index contributed by atoms with van der Waals surface area (Å²) in [7, 11) is 0. The number of nitrogens with zero attached hydrogens (tertiary/aromatic N) is 2. The fourth-order valence-electron chi connectivity index (χ4n) is 3.59. The van der Waals surface area contributed by atoms with Crippen LogP contribution in [0, 0.1) is 0 Å². The van der Waals surface area contributed by atoms with Gasteiger partial charge in [-0.1, -0.05) is 66.7 Å². The van der Waals surface area contributed by atoms with Gasteiger partial charge in [0.25, 0.3) is 0 Å². The zero-order chi connectivity index (χ0) is 21.8. The van der Waals surface area contributed by atoms with Gasteiger partial charge in [0.05, 0.1) is 0 Å². The molecule has 0 radical (unpaired) electrons. The van der Waals surface area contributed by atoms with E-state index in [0.29, 0.717) is 11.6 Å². The summed E-state index contributed by atoms with van der Waals surface area (Å²) < 4.78 is 5.34. The Balaban J connectivity index is 1.45. The standard InChI is InChI=1S/C28H20N2O2/c31-28-26(29-27(32-28)22-10-4-1-5-11-22)20-21-16-18-25(19-17-21)30(23-12-6-2-7-13-23)24-14-8-3-9-15-24/h1-20H/b26-20+. The maximum atomic E-state index is 12.3. The second-order valence-corrected chi connectivity index (χ2v) is 7.30. The molecule has 1 aliphatic heterocycles. The third-order valence-corrected chi connectivity index (χ3v) is 5.12. The highest BCUT2D eigenvalue weighted by Crippen LogP contribution is 2.34. The molecule has 0 aromatic heterocycles. The molecule has 4 aromatic rings. The minimum absolute atomic E-state index is 0.291. The predicted molar refractivity (Wildman–Crippen MR) is 128 cm³/mol. The molecule has 0 saturated carbocycles. The number of anilines is 3. The number of carbonyl (C=O) groups is 1. The third kappa shape index (κ3) is 4.07. The highest BCUT2D eigenvalue weighted by molar-refractivity contribution is 6.12. The summed E-state index contributed by atoms with van der Waals surface area (Å²) >= 11 is 0. The van der Waals surface area contributed by atoms with Gasteiger partial charge >= 0.3 is 5.97 Å². The van der Waals surface area contributed by atoms with Crippen molar-refractivity contribution in [2.24, 2.45) is 4.99 Å². The predicted octanol–water partition coefficient (Wildman–Crippen LogP) is 6.50. The van der Waals surface area contributed by atoms with E-state index in [1.165, 1.54) is 0 Å². The van der Waals surface area contributed by atoms with Gasteiger partial charge in [0, 0.05) is 22.6 Å². The molecular formula is C28H20N2O2. The zero-order valence-corrected chi connectivity index (χ0v) is 17.3. The molecular weight excluding hydrogens is 396 g/mol. The maximum Gasteiger partial charge on any atom is 0.363 e. The van der Waals surface area contributed by atoms with E-state index < -0.39 is 5.97 Å². The molecule has 5 rings (SSSR count). The van der Waals surface area contributed by atoms with Crippen LogP contribution < -0.4 is 4.90 Å². The van der Waals surface area contributed by atoms with Crippen molar-refractivity contribution >= 4 is 35.0 Å². The van der Waals surface area contributed by atoms with Crippen molar-refractivity contribution in [2.45, 2.75) is 0 Å². The third-order valence-electron chi connectivity index (χ3n) is 5.12. The lowest BCUT2D eigenvalue weighted by Gasteiger charge is -2.25. The van der Waals surface area contributed by atoms with Crippen LogP contribution in [0.25, 0.3) is 6.08 Å². The summed E-state index contributed by atoms with van der Waals surface area (Å²) in [6.45, 7) is 0. The van der Waals surface area contributed by atoms with E-state index in [4.69, 9.17) is 4.74 Å². The first kappa shape index (κ1) is 19.5. The molecule has 0 saturated heterocycles. The van der Waals surface area contributed by atoms with E-state index >= 15 is 0 Å². The summed E-state index contributed by atoms with van der Waals surface area (Å²) in [5.74, 6) is -0.110. The van der Waals surface area contributed by atoms with Crippen LogP contribution in [0.2, 0.25) is 0 Å². The van der Waals surface area contributed by atoms with E-state index in [1.807, 2.05) is 91.0 Å². The first-order valence-corrected chi connectivity index (χ1v) is 10.4. The zero-order valence-electron chi connectivity index (χ0n) is 17.3. The lowest BCUT2D eigenvalue weighted by molar-refractivity contribution is -0.129. The molecule has 0 N–H and O–H groups in total. The summed E-state index contributed by atoms with van der Waals surface area (Å²) in [5, 5.41) is 0. The highest BCUT2D eigenvalue weighted by atomic mass is 16.6. The maximum absolute atomic E-state index is 12.3. The number of rotatable bonds is 5. The van der Waals surface area contributed by atoms with Gasteiger partial charge in [-0.15, -0.1) is 0 Å². The largest absolute Gasteiger partial charge is 0.402 e. The van der Waals surface area contributed by atoms with E-state index in [-0.39, 0.29) is 0 Å². The number of cyclic esters (lactones) is 1. The fourth-order valence-corrected chi connectivity index (χ4v) is 3.59. The molecule has 0 aliphatic carbocycles. The van der Waals surface area contributed by atoms with Crippen molar-refractivity contribution in [1.82, 2.24) is 0 Å². The van der Waals surface area contributed by atoms with Gasteiger partial charge in [-0.05, 0) is 60.2 Å². The van der Waals surface area contributed by atoms with Crippen LogP contribution in [0.15, 0.2) is 126 Å². The minimum Gasteiger partial charge on any atom is -0.402 e. The number of esters is 1.